The lowest BCUT2D eigenvalue weighted by Crippen LogP contribution is -2.31. The van der Waals surface area contributed by atoms with Gasteiger partial charge in [-0.25, -0.2) is 0 Å². The second-order valence-electron chi connectivity index (χ2n) is 4.06. The zero-order valence-electron chi connectivity index (χ0n) is 8.49. The fourth-order valence-electron chi connectivity index (χ4n) is 1.94. The average molecular weight is 208 g/mol. The maximum atomic E-state index is 10.4. The third-order valence-electron chi connectivity index (χ3n) is 2.78. The highest BCUT2D eigenvalue weighted by Gasteiger charge is 2.31. The number of thioether (sulfide) groups is 1. The van der Waals surface area contributed by atoms with Gasteiger partial charge >= 0.3 is 0 Å². The molecule has 1 nitrogen and oxygen atoms in total. The summed E-state index contributed by atoms with van der Waals surface area (Å²) in [4.78, 5) is 0. The minimum Gasteiger partial charge on any atom is -0.384 e. The van der Waals surface area contributed by atoms with Gasteiger partial charge in [-0.1, -0.05) is 29.8 Å². The molecule has 76 valence electrons. The van der Waals surface area contributed by atoms with Gasteiger partial charge in [0.05, 0.1) is 5.60 Å². The minimum absolute atomic E-state index is 0.574. The Morgan fingerprint density at radius 3 is 2.93 bits per heavy atom. The molecule has 1 atom stereocenters. The topological polar surface area (TPSA) is 20.2 Å². The first kappa shape index (κ1) is 10.1. The molecule has 1 saturated heterocycles. The summed E-state index contributed by atoms with van der Waals surface area (Å²) in [6.07, 6.45) is 2.03. The molecule has 1 fully saturated rings. The van der Waals surface area contributed by atoms with Gasteiger partial charge in [0.2, 0.25) is 0 Å². The molecule has 1 aromatic carbocycles. The summed E-state index contributed by atoms with van der Waals surface area (Å²) in [6.45, 7) is 2.07. The first-order valence-electron chi connectivity index (χ1n) is 5.08. The zero-order valence-corrected chi connectivity index (χ0v) is 9.31. The van der Waals surface area contributed by atoms with Crippen LogP contribution >= 0.6 is 11.8 Å². The monoisotopic (exact) mass is 208 g/mol. The van der Waals surface area contributed by atoms with E-state index in [-0.39, 0.29) is 0 Å². The van der Waals surface area contributed by atoms with E-state index in [1.54, 1.807) is 0 Å². The van der Waals surface area contributed by atoms with E-state index >= 15 is 0 Å². The van der Waals surface area contributed by atoms with E-state index in [0.29, 0.717) is 0 Å². The number of aryl methyl sites for hydroxylation is 1. The molecule has 1 aromatic rings. The molecule has 1 N–H and O–H groups in total. The van der Waals surface area contributed by atoms with Gasteiger partial charge in [0.1, 0.15) is 0 Å². The molecule has 2 heteroatoms. The summed E-state index contributed by atoms with van der Waals surface area (Å²) in [5.41, 5.74) is 1.74. The number of hydrogen-bond acceptors (Lipinski definition) is 2. The Balaban J connectivity index is 2.28. The summed E-state index contributed by atoms with van der Waals surface area (Å²) in [5.74, 6) is 2.03. The van der Waals surface area contributed by atoms with Crippen LogP contribution in [0, 0.1) is 6.92 Å². The number of hydrogen-bond donors (Lipinski definition) is 1. The van der Waals surface area contributed by atoms with Crippen LogP contribution < -0.4 is 0 Å². The molecule has 2 rings (SSSR count). The van der Waals surface area contributed by atoms with Crippen molar-refractivity contribution in [3.05, 3.63) is 35.4 Å². The molecule has 0 amide bonds. The molecule has 1 heterocycles. The zero-order chi connectivity index (χ0) is 10.0. The van der Waals surface area contributed by atoms with Crippen molar-refractivity contribution in [2.24, 2.45) is 0 Å². The molecular formula is C12H16OS. The lowest BCUT2D eigenvalue weighted by Gasteiger charge is -2.32. The molecule has 0 radical (unpaired) electrons. The van der Waals surface area contributed by atoms with Crippen LogP contribution in [0.5, 0.6) is 0 Å². The molecule has 14 heavy (non-hydrogen) atoms. The van der Waals surface area contributed by atoms with Gasteiger partial charge in [0, 0.05) is 5.75 Å². The van der Waals surface area contributed by atoms with Gasteiger partial charge in [0.15, 0.2) is 0 Å². The maximum Gasteiger partial charge on any atom is 0.0986 e. The van der Waals surface area contributed by atoms with Crippen LogP contribution in [-0.2, 0) is 5.60 Å². The van der Waals surface area contributed by atoms with Crippen molar-refractivity contribution in [3.63, 3.8) is 0 Å². The second kappa shape index (κ2) is 3.95. The Labute approximate surface area is 89.5 Å². The van der Waals surface area contributed by atoms with Crippen LogP contribution in [0.3, 0.4) is 0 Å². The standard InChI is InChI=1S/C12H16OS/c1-10-4-2-5-11(8-10)12(13)6-3-7-14-9-12/h2,4-5,8,13H,3,6-7,9H2,1H3. The van der Waals surface area contributed by atoms with E-state index in [4.69, 9.17) is 0 Å². The summed E-state index contributed by atoms with van der Waals surface area (Å²) < 4.78 is 0. The molecule has 0 aliphatic carbocycles. The van der Waals surface area contributed by atoms with E-state index < -0.39 is 5.60 Å². The SMILES string of the molecule is Cc1cccc(C2(O)CCCSC2)c1. The van der Waals surface area contributed by atoms with Gasteiger partial charge in [-0.2, -0.15) is 11.8 Å². The van der Waals surface area contributed by atoms with Crippen LogP contribution in [0.15, 0.2) is 24.3 Å². The van der Waals surface area contributed by atoms with Crippen LogP contribution in [0.1, 0.15) is 24.0 Å². The van der Waals surface area contributed by atoms with Crippen molar-refractivity contribution < 1.29 is 5.11 Å². The molecular weight excluding hydrogens is 192 g/mol. The highest BCUT2D eigenvalue weighted by molar-refractivity contribution is 7.99. The summed E-state index contributed by atoms with van der Waals surface area (Å²) >= 11 is 1.85. The first-order valence-corrected chi connectivity index (χ1v) is 6.23. The Morgan fingerprint density at radius 2 is 2.29 bits per heavy atom. The van der Waals surface area contributed by atoms with Crippen LogP contribution in [-0.4, -0.2) is 16.6 Å². The Morgan fingerprint density at radius 1 is 1.43 bits per heavy atom. The fraction of sp³-hybridized carbons (Fsp3) is 0.500. The normalized spacial score (nSPS) is 27.6. The van der Waals surface area contributed by atoms with Crippen LogP contribution in [0.4, 0.5) is 0 Å². The number of aliphatic hydroxyl groups is 1. The van der Waals surface area contributed by atoms with Crippen molar-refractivity contribution in [1.82, 2.24) is 0 Å². The Hall–Kier alpha value is -0.470. The molecule has 0 saturated carbocycles. The highest BCUT2D eigenvalue weighted by Crippen LogP contribution is 2.35. The van der Waals surface area contributed by atoms with Crippen molar-refractivity contribution in [2.75, 3.05) is 11.5 Å². The lowest BCUT2D eigenvalue weighted by molar-refractivity contribution is 0.0495. The minimum atomic E-state index is -0.574. The Bertz CT molecular complexity index is 316. The predicted molar refractivity (Wildman–Crippen MR) is 61.6 cm³/mol. The van der Waals surface area contributed by atoms with Crippen molar-refractivity contribution in [3.8, 4) is 0 Å². The lowest BCUT2D eigenvalue weighted by atomic mass is 9.90. The molecule has 0 bridgehead atoms. The van der Waals surface area contributed by atoms with E-state index in [1.165, 1.54) is 11.3 Å². The van der Waals surface area contributed by atoms with E-state index in [0.717, 1.165) is 24.2 Å². The van der Waals surface area contributed by atoms with Crippen molar-refractivity contribution in [1.29, 1.82) is 0 Å². The molecule has 1 aliphatic rings. The van der Waals surface area contributed by atoms with E-state index in [1.807, 2.05) is 23.9 Å². The predicted octanol–water partition coefficient (Wildman–Crippen LogP) is 2.71. The van der Waals surface area contributed by atoms with E-state index in [9.17, 15) is 5.11 Å². The first-order chi connectivity index (χ1) is 6.71. The summed E-state index contributed by atoms with van der Waals surface area (Å²) in [6, 6.07) is 8.25. The van der Waals surface area contributed by atoms with E-state index in [2.05, 4.69) is 19.1 Å². The third kappa shape index (κ3) is 1.96. The van der Waals surface area contributed by atoms with Crippen LogP contribution in [0.25, 0.3) is 0 Å². The third-order valence-corrected chi connectivity index (χ3v) is 4.03. The van der Waals surface area contributed by atoms with Crippen molar-refractivity contribution >= 4 is 11.8 Å². The smallest absolute Gasteiger partial charge is 0.0986 e. The van der Waals surface area contributed by atoms with Gasteiger partial charge in [-0.15, -0.1) is 0 Å². The molecule has 1 unspecified atom stereocenters. The quantitative estimate of drug-likeness (QED) is 0.765. The van der Waals surface area contributed by atoms with Gasteiger partial charge < -0.3 is 5.11 Å². The molecule has 0 aromatic heterocycles. The summed E-state index contributed by atoms with van der Waals surface area (Å²) in [5, 5.41) is 10.4. The number of rotatable bonds is 1. The van der Waals surface area contributed by atoms with Crippen molar-refractivity contribution in [2.45, 2.75) is 25.4 Å². The Kier molecular flexibility index (Phi) is 2.84. The highest BCUT2D eigenvalue weighted by atomic mass is 32.2. The largest absolute Gasteiger partial charge is 0.384 e. The molecule has 1 aliphatic heterocycles. The summed E-state index contributed by atoms with van der Waals surface area (Å²) in [7, 11) is 0. The second-order valence-corrected chi connectivity index (χ2v) is 5.16. The maximum absolute atomic E-state index is 10.4. The number of benzene rings is 1. The average Bonchev–Trinajstić information content (AvgIpc) is 2.19. The fourth-order valence-corrected chi connectivity index (χ4v) is 3.08. The van der Waals surface area contributed by atoms with Gasteiger partial charge in [-0.05, 0) is 31.1 Å². The van der Waals surface area contributed by atoms with Gasteiger partial charge in [-0.3, -0.25) is 0 Å². The van der Waals surface area contributed by atoms with Gasteiger partial charge in [0.25, 0.3) is 0 Å². The molecule has 0 spiro atoms. The van der Waals surface area contributed by atoms with Crippen LogP contribution in [0.2, 0.25) is 0 Å².